The number of aromatic amines is 1. The SMILES string of the molecule is N#Cc1ccc(CN2CCCN(C(=O)CCn3c(=S)[nH]c4ccccc4c3=O)CC2)cc1. The first-order chi connectivity index (χ1) is 15.5. The molecule has 8 heteroatoms. The second-order valence-corrected chi connectivity index (χ2v) is 8.39. The van der Waals surface area contributed by atoms with E-state index in [4.69, 9.17) is 17.5 Å². The van der Waals surface area contributed by atoms with E-state index in [1.807, 2.05) is 47.4 Å². The van der Waals surface area contributed by atoms with E-state index in [2.05, 4.69) is 16.0 Å². The predicted molar refractivity (Wildman–Crippen MR) is 126 cm³/mol. The highest BCUT2D eigenvalue weighted by molar-refractivity contribution is 7.71. The third-order valence-electron chi connectivity index (χ3n) is 5.87. The van der Waals surface area contributed by atoms with E-state index in [-0.39, 0.29) is 24.4 Å². The number of nitriles is 1. The zero-order valence-electron chi connectivity index (χ0n) is 17.8. The minimum Gasteiger partial charge on any atom is -0.341 e. The summed E-state index contributed by atoms with van der Waals surface area (Å²) in [7, 11) is 0. The van der Waals surface area contributed by atoms with Crippen LogP contribution in [0.25, 0.3) is 10.9 Å². The van der Waals surface area contributed by atoms with Gasteiger partial charge in [-0.15, -0.1) is 0 Å². The molecule has 0 unspecified atom stereocenters. The van der Waals surface area contributed by atoms with Crippen molar-refractivity contribution in [2.45, 2.75) is 25.9 Å². The lowest BCUT2D eigenvalue weighted by molar-refractivity contribution is -0.131. The van der Waals surface area contributed by atoms with Gasteiger partial charge < -0.3 is 9.88 Å². The maximum atomic E-state index is 12.9. The van der Waals surface area contributed by atoms with Crippen LogP contribution in [0.3, 0.4) is 0 Å². The third kappa shape index (κ3) is 4.96. The standard InChI is InChI=1S/C24H25N5O2S/c25-16-18-6-8-19(9-7-18)17-27-11-3-12-28(15-14-27)22(30)10-13-29-23(31)20-4-1-2-5-21(20)26-24(29)32/h1-2,4-9H,3,10-15,17H2,(H,26,32). The van der Waals surface area contributed by atoms with E-state index >= 15 is 0 Å². The summed E-state index contributed by atoms with van der Waals surface area (Å²) in [6.45, 7) is 4.15. The molecule has 1 amide bonds. The lowest BCUT2D eigenvalue weighted by Crippen LogP contribution is -2.36. The normalized spacial score (nSPS) is 14.8. The first-order valence-electron chi connectivity index (χ1n) is 10.8. The van der Waals surface area contributed by atoms with Gasteiger partial charge in [-0.3, -0.25) is 19.1 Å². The van der Waals surface area contributed by atoms with Crippen LogP contribution in [0, 0.1) is 16.1 Å². The Bertz CT molecular complexity index is 1270. The Morgan fingerprint density at radius 3 is 2.62 bits per heavy atom. The van der Waals surface area contributed by atoms with E-state index in [9.17, 15) is 9.59 Å². The second-order valence-electron chi connectivity index (χ2n) is 8.00. The van der Waals surface area contributed by atoms with Crippen molar-refractivity contribution < 1.29 is 4.79 Å². The molecule has 7 nitrogen and oxygen atoms in total. The molecule has 3 aromatic rings. The van der Waals surface area contributed by atoms with Crippen LogP contribution in [0.1, 0.15) is 24.0 Å². The van der Waals surface area contributed by atoms with E-state index in [1.54, 1.807) is 6.07 Å². The summed E-state index contributed by atoms with van der Waals surface area (Å²) in [5.41, 5.74) is 2.36. The topological polar surface area (TPSA) is 85.1 Å². The zero-order chi connectivity index (χ0) is 22.5. The van der Waals surface area contributed by atoms with Crippen LogP contribution in [-0.4, -0.2) is 51.4 Å². The summed E-state index contributed by atoms with van der Waals surface area (Å²) < 4.78 is 1.82. The number of para-hydroxylation sites is 1. The molecule has 0 atom stereocenters. The van der Waals surface area contributed by atoms with E-state index in [0.717, 1.165) is 31.6 Å². The number of rotatable bonds is 5. The minimum absolute atomic E-state index is 0.0414. The molecule has 1 aromatic heterocycles. The van der Waals surface area contributed by atoms with Gasteiger partial charge in [-0.1, -0.05) is 24.3 Å². The summed E-state index contributed by atoms with van der Waals surface area (Å²) >= 11 is 5.35. The van der Waals surface area contributed by atoms with Crippen molar-refractivity contribution >= 4 is 29.0 Å². The average molecular weight is 448 g/mol. The van der Waals surface area contributed by atoms with Gasteiger partial charge in [0, 0.05) is 45.7 Å². The second kappa shape index (κ2) is 9.90. The van der Waals surface area contributed by atoms with Crippen molar-refractivity contribution in [2.24, 2.45) is 0 Å². The number of carbonyl (C=O) groups is 1. The monoisotopic (exact) mass is 447 g/mol. The quantitative estimate of drug-likeness (QED) is 0.608. The molecule has 0 aliphatic carbocycles. The number of nitrogens with zero attached hydrogens (tertiary/aromatic N) is 4. The molecule has 1 N–H and O–H groups in total. The van der Waals surface area contributed by atoms with Crippen molar-refractivity contribution in [1.29, 1.82) is 5.26 Å². The number of nitrogens with one attached hydrogen (secondary N) is 1. The highest BCUT2D eigenvalue weighted by Crippen LogP contribution is 2.12. The predicted octanol–water partition coefficient (Wildman–Crippen LogP) is 3.06. The third-order valence-corrected chi connectivity index (χ3v) is 6.19. The smallest absolute Gasteiger partial charge is 0.262 e. The summed E-state index contributed by atoms with van der Waals surface area (Å²) in [5, 5.41) is 9.51. The average Bonchev–Trinajstić information content (AvgIpc) is 3.05. The summed E-state index contributed by atoms with van der Waals surface area (Å²) in [6.07, 6.45) is 1.14. The van der Waals surface area contributed by atoms with Gasteiger partial charge in [0.25, 0.3) is 5.56 Å². The number of H-pyrrole nitrogens is 1. The number of benzene rings is 2. The Hall–Kier alpha value is -3.28. The molecule has 0 bridgehead atoms. The van der Waals surface area contributed by atoms with Crippen LogP contribution < -0.4 is 5.56 Å². The van der Waals surface area contributed by atoms with Crippen molar-refractivity contribution in [3.05, 3.63) is 74.8 Å². The molecule has 2 aromatic carbocycles. The lowest BCUT2D eigenvalue weighted by Gasteiger charge is -2.22. The number of carbonyl (C=O) groups excluding carboxylic acids is 1. The van der Waals surface area contributed by atoms with Gasteiger partial charge in [0.05, 0.1) is 22.5 Å². The van der Waals surface area contributed by atoms with Gasteiger partial charge in [-0.2, -0.15) is 5.26 Å². The fourth-order valence-electron chi connectivity index (χ4n) is 4.09. The Morgan fingerprint density at radius 2 is 1.84 bits per heavy atom. The maximum absolute atomic E-state index is 12.9. The molecular weight excluding hydrogens is 422 g/mol. The Labute approximate surface area is 191 Å². The van der Waals surface area contributed by atoms with Crippen LogP contribution >= 0.6 is 12.2 Å². The molecule has 1 saturated heterocycles. The fraction of sp³-hybridized carbons (Fsp3) is 0.333. The fourth-order valence-corrected chi connectivity index (χ4v) is 4.37. The molecule has 1 fully saturated rings. The van der Waals surface area contributed by atoms with Crippen molar-refractivity contribution in [1.82, 2.24) is 19.4 Å². The summed E-state index contributed by atoms with van der Waals surface area (Å²) in [4.78, 5) is 32.9. The van der Waals surface area contributed by atoms with Gasteiger partial charge >= 0.3 is 0 Å². The van der Waals surface area contributed by atoms with Gasteiger partial charge in [0.15, 0.2) is 4.77 Å². The van der Waals surface area contributed by atoms with Crippen LogP contribution in [0.4, 0.5) is 0 Å². The molecule has 1 aliphatic rings. The minimum atomic E-state index is -0.165. The summed E-state index contributed by atoms with van der Waals surface area (Å²) in [6, 6.07) is 17.0. The van der Waals surface area contributed by atoms with Crippen LogP contribution in [0.5, 0.6) is 0 Å². The largest absolute Gasteiger partial charge is 0.341 e. The Kier molecular flexibility index (Phi) is 6.78. The Balaban J connectivity index is 1.35. The lowest BCUT2D eigenvalue weighted by atomic mass is 10.1. The molecule has 0 saturated carbocycles. The van der Waals surface area contributed by atoms with Crippen LogP contribution in [0.2, 0.25) is 0 Å². The zero-order valence-corrected chi connectivity index (χ0v) is 18.6. The molecule has 164 valence electrons. The van der Waals surface area contributed by atoms with Crippen molar-refractivity contribution in [2.75, 3.05) is 26.2 Å². The van der Waals surface area contributed by atoms with Crippen molar-refractivity contribution in [3.8, 4) is 6.07 Å². The first kappa shape index (κ1) is 21.9. The van der Waals surface area contributed by atoms with Gasteiger partial charge in [-0.05, 0) is 48.5 Å². The first-order valence-corrected chi connectivity index (χ1v) is 11.2. The highest BCUT2D eigenvalue weighted by atomic mass is 32.1. The molecular formula is C24H25N5O2S. The number of aromatic nitrogens is 2. The van der Waals surface area contributed by atoms with Crippen LogP contribution in [-0.2, 0) is 17.9 Å². The summed E-state index contributed by atoms with van der Waals surface area (Å²) in [5.74, 6) is 0.0414. The van der Waals surface area contributed by atoms with E-state index in [1.165, 1.54) is 4.57 Å². The highest BCUT2D eigenvalue weighted by Gasteiger charge is 2.19. The molecule has 4 rings (SSSR count). The molecule has 0 radical (unpaired) electrons. The molecule has 32 heavy (non-hydrogen) atoms. The number of fused-ring (bicyclic) bond motifs is 1. The van der Waals surface area contributed by atoms with E-state index < -0.39 is 0 Å². The van der Waals surface area contributed by atoms with Gasteiger partial charge in [-0.25, -0.2) is 0 Å². The molecule has 1 aliphatic heterocycles. The van der Waals surface area contributed by atoms with Crippen molar-refractivity contribution in [3.63, 3.8) is 0 Å². The van der Waals surface area contributed by atoms with Crippen LogP contribution in [0.15, 0.2) is 53.3 Å². The van der Waals surface area contributed by atoms with Gasteiger partial charge in [0.2, 0.25) is 5.91 Å². The maximum Gasteiger partial charge on any atom is 0.262 e. The molecule has 2 heterocycles. The number of amides is 1. The number of hydrogen-bond donors (Lipinski definition) is 1. The number of hydrogen-bond acceptors (Lipinski definition) is 5. The van der Waals surface area contributed by atoms with Gasteiger partial charge in [0.1, 0.15) is 0 Å². The Morgan fingerprint density at radius 1 is 1.06 bits per heavy atom. The molecule has 0 spiro atoms. The van der Waals surface area contributed by atoms with E-state index in [0.29, 0.717) is 34.3 Å².